The van der Waals surface area contributed by atoms with Crippen LogP contribution in [0.5, 0.6) is 0 Å². The Hall–Kier alpha value is -1.04. The molecule has 1 aromatic carbocycles. The zero-order chi connectivity index (χ0) is 13.8. The molecule has 0 fully saturated rings. The van der Waals surface area contributed by atoms with E-state index in [1.165, 1.54) is 0 Å². The van der Waals surface area contributed by atoms with Gasteiger partial charge in [-0.05, 0) is 35.7 Å². The van der Waals surface area contributed by atoms with Crippen molar-refractivity contribution >= 4 is 8.97 Å². The largest absolute Gasteiger partial charge is 0.416 e. The summed E-state index contributed by atoms with van der Waals surface area (Å²) in [5.41, 5.74) is 2.10. The lowest BCUT2D eigenvalue weighted by Gasteiger charge is -2.22. The molecule has 0 N–H and O–H groups in total. The Labute approximate surface area is 108 Å². The quantitative estimate of drug-likeness (QED) is 0.584. The van der Waals surface area contributed by atoms with Gasteiger partial charge in [-0.15, -0.1) is 6.42 Å². The van der Waals surface area contributed by atoms with Gasteiger partial charge in [-0.3, -0.25) is 0 Å². The second-order valence-corrected chi connectivity index (χ2v) is 7.62. The molecule has 1 rings (SSSR count). The fourth-order valence-corrected chi connectivity index (χ4v) is 3.71. The van der Waals surface area contributed by atoms with Gasteiger partial charge in [0.15, 0.2) is 8.97 Å². The van der Waals surface area contributed by atoms with E-state index in [1.54, 1.807) is 0 Å². The van der Waals surface area contributed by atoms with Crippen molar-refractivity contribution in [1.29, 1.82) is 1.23 Å². The number of terminal acetylenes is 1. The molecule has 0 aromatic heterocycles. The van der Waals surface area contributed by atoms with Crippen LogP contribution in [-0.2, 0) is 11.0 Å². The summed E-state index contributed by atoms with van der Waals surface area (Å²) in [6.07, 6.45) is 5.31. The number of hydrogen-bond donors (Lipinski definition) is 0. The zero-order valence-corrected chi connectivity index (χ0v) is 12.2. The van der Waals surface area contributed by atoms with Crippen molar-refractivity contribution in [2.24, 2.45) is 5.41 Å². The summed E-state index contributed by atoms with van der Waals surface area (Å²) in [6, 6.07) is 8.59. The summed E-state index contributed by atoms with van der Waals surface area (Å²) in [7, 11) is -2.33. The van der Waals surface area contributed by atoms with Crippen LogP contribution >= 0.6 is 0 Å². The van der Waals surface area contributed by atoms with Gasteiger partial charge >= 0.3 is 0 Å². The second kappa shape index (κ2) is 6.04. The van der Waals surface area contributed by atoms with Crippen molar-refractivity contribution in [2.75, 3.05) is 0 Å². The summed E-state index contributed by atoms with van der Waals surface area (Å²) in [5, 5.41) is 0. The third kappa shape index (κ3) is 5.72. The highest BCUT2D eigenvalue weighted by molar-refractivity contribution is 6.50. The van der Waals surface area contributed by atoms with E-state index >= 15 is 0 Å². The molecular formula is C15H22OSi. The number of hydrogen-bond acceptors (Lipinski definition) is 1. The normalized spacial score (nSPS) is 15.8. The fraction of sp³-hybridized carbons (Fsp3) is 0.467. The van der Waals surface area contributed by atoms with Crippen LogP contribution in [0.25, 0.3) is 0 Å². The minimum Gasteiger partial charge on any atom is -0.416 e. The first-order valence-electron chi connectivity index (χ1n) is 6.41. The molecule has 1 atom stereocenters. The van der Waals surface area contributed by atoms with Gasteiger partial charge in [0.2, 0.25) is 0 Å². The summed E-state index contributed by atoms with van der Waals surface area (Å²) in [6.45, 7) is 8.91. The molecule has 1 nitrogen and oxygen atoms in total. The average Bonchev–Trinajstić information content (AvgIpc) is 2.24. The van der Waals surface area contributed by atoms with Gasteiger partial charge in [0, 0.05) is 6.80 Å². The van der Waals surface area contributed by atoms with Gasteiger partial charge in [0.25, 0.3) is 0 Å². The molecule has 0 radical (unpaired) electrons. The summed E-state index contributed by atoms with van der Waals surface area (Å²) in [4.78, 5) is 0. The molecule has 0 aliphatic heterocycles. The molecule has 0 aliphatic carbocycles. The third-order valence-corrected chi connectivity index (χ3v) is 4.58. The first-order valence-corrected chi connectivity index (χ1v) is 8.03. The Bertz CT molecular complexity index is 423. The van der Waals surface area contributed by atoms with Crippen LogP contribution in [0.1, 0.15) is 31.9 Å². The minimum absolute atomic E-state index is 0.149. The van der Waals surface area contributed by atoms with Crippen LogP contribution in [0.4, 0.5) is 0 Å². The highest BCUT2D eigenvalue weighted by Gasteiger charge is 2.17. The van der Waals surface area contributed by atoms with Gasteiger partial charge < -0.3 is 4.43 Å². The van der Waals surface area contributed by atoms with Crippen molar-refractivity contribution < 1.29 is 4.43 Å². The third-order valence-electron chi connectivity index (χ3n) is 2.39. The minimum atomic E-state index is -2.33. The molecule has 0 amide bonds. The Morgan fingerprint density at radius 1 is 1.35 bits per heavy atom. The smallest absolute Gasteiger partial charge is 0.174 e. The van der Waals surface area contributed by atoms with E-state index in [2.05, 4.69) is 26.7 Å². The predicted molar refractivity (Wildman–Crippen MR) is 76.4 cm³/mol. The highest BCUT2D eigenvalue weighted by atomic mass is 28.3. The molecule has 0 saturated carbocycles. The van der Waals surface area contributed by atoms with Crippen LogP contribution in [0, 0.1) is 17.8 Å². The van der Waals surface area contributed by atoms with Crippen molar-refractivity contribution in [3.63, 3.8) is 0 Å². The topological polar surface area (TPSA) is 9.23 Å². The van der Waals surface area contributed by atoms with Gasteiger partial charge in [0.05, 0.1) is 6.61 Å². The van der Waals surface area contributed by atoms with E-state index in [-0.39, 0.29) is 5.41 Å². The van der Waals surface area contributed by atoms with Crippen molar-refractivity contribution in [1.82, 2.24) is 0 Å². The monoisotopic (exact) mass is 247 g/mol. The number of rotatable bonds is 4. The maximum Gasteiger partial charge on any atom is 0.174 e. The van der Waals surface area contributed by atoms with Crippen LogP contribution < -0.4 is 0 Å². The van der Waals surface area contributed by atoms with E-state index in [0.717, 1.165) is 17.2 Å². The standard InChI is InChI=1S/C15H22OSi/c1-6-13-7-9-14(10-8-13)11-16-17(5)12-15(2,3)4/h1,7-10,17H,11-12H2,2-5H3/i17D. The molecule has 1 unspecified atom stereocenters. The molecule has 2 heteroatoms. The van der Waals surface area contributed by atoms with Crippen LogP contribution in [-0.4, -0.2) is 10.2 Å². The second-order valence-electron chi connectivity index (χ2n) is 5.57. The molecule has 0 bridgehead atoms. The van der Waals surface area contributed by atoms with E-state index in [4.69, 9.17) is 12.1 Å². The van der Waals surface area contributed by atoms with E-state index in [0.29, 0.717) is 6.61 Å². The lowest BCUT2D eigenvalue weighted by Crippen LogP contribution is -2.20. The summed E-state index contributed by atoms with van der Waals surface area (Å²) < 4.78 is 14.1. The molecule has 92 valence electrons. The molecule has 17 heavy (non-hydrogen) atoms. The molecule has 0 spiro atoms. The zero-order valence-electron chi connectivity index (χ0n) is 12.2. The maximum absolute atomic E-state index is 8.29. The van der Waals surface area contributed by atoms with E-state index in [1.807, 2.05) is 30.8 Å². The molecule has 0 aliphatic rings. The highest BCUT2D eigenvalue weighted by Crippen LogP contribution is 2.22. The average molecular weight is 247 g/mol. The SMILES string of the molecule is [2H][Si](C)(CC(C)(C)C)OCc1ccc(C#C)cc1. The predicted octanol–water partition coefficient (Wildman–Crippen LogP) is 3.58. The fourth-order valence-electron chi connectivity index (χ4n) is 1.70. The maximum atomic E-state index is 8.29. The van der Waals surface area contributed by atoms with E-state index in [9.17, 15) is 0 Å². The van der Waals surface area contributed by atoms with Gasteiger partial charge in [0.1, 0.15) is 0 Å². The summed E-state index contributed by atoms with van der Waals surface area (Å²) >= 11 is 0. The van der Waals surface area contributed by atoms with Crippen molar-refractivity contribution in [2.45, 2.75) is 40.0 Å². The Morgan fingerprint density at radius 3 is 2.41 bits per heavy atom. The molecular weight excluding hydrogens is 224 g/mol. The van der Waals surface area contributed by atoms with E-state index < -0.39 is 8.97 Å². The van der Waals surface area contributed by atoms with Crippen LogP contribution in [0.15, 0.2) is 24.3 Å². The molecule has 0 saturated heterocycles. The van der Waals surface area contributed by atoms with Gasteiger partial charge in [-0.2, -0.15) is 0 Å². The lowest BCUT2D eigenvalue weighted by atomic mass is 10.0. The molecule has 1 aromatic rings. The Morgan fingerprint density at radius 2 is 1.94 bits per heavy atom. The van der Waals surface area contributed by atoms with Gasteiger partial charge in [-0.25, -0.2) is 0 Å². The Kier molecular flexibility index (Phi) is 4.41. The van der Waals surface area contributed by atoms with Gasteiger partial charge in [-0.1, -0.05) is 38.8 Å². The van der Waals surface area contributed by atoms with Crippen molar-refractivity contribution in [3.05, 3.63) is 35.4 Å². The Balaban J connectivity index is 2.56. The van der Waals surface area contributed by atoms with Crippen LogP contribution in [0.2, 0.25) is 12.6 Å². The first kappa shape index (κ1) is 12.4. The van der Waals surface area contributed by atoms with Crippen LogP contribution in [0.3, 0.4) is 0 Å². The molecule has 0 heterocycles. The van der Waals surface area contributed by atoms with Crippen molar-refractivity contribution in [3.8, 4) is 12.3 Å². The number of benzene rings is 1. The summed E-state index contributed by atoms with van der Waals surface area (Å²) in [5.74, 6) is 2.59. The first-order chi connectivity index (χ1) is 8.22. The lowest BCUT2D eigenvalue weighted by molar-refractivity contribution is 0.297.